The average molecular weight is 446 g/mol. The molecular weight excluding hydrogens is 424 g/mol. The molecule has 11 nitrogen and oxygen atoms in total. The molecule has 1 aliphatic rings. The van der Waals surface area contributed by atoms with Crippen LogP contribution in [0.15, 0.2) is 49.1 Å². The number of carbonyl (C=O) groups is 1. The van der Waals surface area contributed by atoms with Crippen LogP contribution >= 0.6 is 0 Å². The van der Waals surface area contributed by atoms with Crippen LogP contribution in [0.3, 0.4) is 0 Å². The van der Waals surface area contributed by atoms with Gasteiger partial charge in [-0.15, -0.1) is 0 Å². The van der Waals surface area contributed by atoms with E-state index in [2.05, 4.69) is 25.0 Å². The van der Waals surface area contributed by atoms with E-state index in [0.717, 1.165) is 0 Å². The zero-order valence-corrected chi connectivity index (χ0v) is 17.9. The maximum absolute atomic E-state index is 13.3. The Bertz CT molecular complexity index is 1320. The van der Waals surface area contributed by atoms with E-state index in [4.69, 9.17) is 10.5 Å². The Kier molecular flexibility index (Phi) is 5.19. The third kappa shape index (κ3) is 3.77. The van der Waals surface area contributed by atoms with Crippen LogP contribution in [-0.4, -0.2) is 71.9 Å². The Hall–Kier alpha value is -3.96. The molecule has 1 aromatic carbocycles. The standard InChI is InChI=1S/C22H22N8O3/c1-22(32,17-4-6-24-13-26-17)14-2-3-15-16(12-14)30(18-5-7-25-21(23)27-18)28-19(15)20(31)29-8-10-33-11-9-29/h2-7,12-13,32H,8-11H2,1H3,(H2,23,25,27). The van der Waals surface area contributed by atoms with E-state index in [1.165, 1.54) is 12.5 Å². The highest BCUT2D eigenvalue weighted by molar-refractivity contribution is 6.05. The molecule has 168 valence electrons. The lowest BCUT2D eigenvalue weighted by atomic mass is 9.91. The number of ether oxygens (including phenoxy) is 1. The number of rotatable bonds is 4. The maximum Gasteiger partial charge on any atom is 0.275 e. The van der Waals surface area contributed by atoms with Gasteiger partial charge < -0.3 is 20.5 Å². The second-order valence-corrected chi connectivity index (χ2v) is 7.84. The van der Waals surface area contributed by atoms with Crippen molar-refractivity contribution in [2.45, 2.75) is 12.5 Å². The lowest BCUT2D eigenvalue weighted by Gasteiger charge is -2.26. The van der Waals surface area contributed by atoms with Gasteiger partial charge in [-0.25, -0.2) is 19.6 Å². The van der Waals surface area contributed by atoms with Crippen molar-refractivity contribution >= 4 is 22.8 Å². The van der Waals surface area contributed by atoms with Gasteiger partial charge in [0.25, 0.3) is 5.91 Å². The highest BCUT2D eigenvalue weighted by Gasteiger charge is 2.30. The molecule has 3 aromatic heterocycles. The third-order valence-electron chi connectivity index (χ3n) is 5.70. The molecule has 33 heavy (non-hydrogen) atoms. The number of carbonyl (C=O) groups excluding carboxylic acids is 1. The Balaban J connectivity index is 1.68. The van der Waals surface area contributed by atoms with E-state index < -0.39 is 5.60 Å². The van der Waals surface area contributed by atoms with Gasteiger partial charge in [-0.3, -0.25) is 4.79 Å². The van der Waals surface area contributed by atoms with Gasteiger partial charge in [-0.1, -0.05) is 6.07 Å². The van der Waals surface area contributed by atoms with E-state index in [9.17, 15) is 9.90 Å². The zero-order chi connectivity index (χ0) is 23.0. The first-order valence-electron chi connectivity index (χ1n) is 10.4. The van der Waals surface area contributed by atoms with Crippen LogP contribution in [0.5, 0.6) is 0 Å². The minimum atomic E-state index is -1.40. The number of nitrogens with zero attached hydrogens (tertiary/aromatic N) is 7. The Labute approximate surface area is 188 Å². The second-order valence-electron chi connectivity index (χ2n) is 7.84. The molecule has 1 unspecified atom stereocenters. The number of anilines is 1. The first-order valence-corrected chi connectivity index (χ1v) is 10.4. The van der Waals surface area contributed by atoms with Crippen LogP contribution in [0.4, 0.5) is 5.95 Å². The normalized spacial score (nSPS) is 16.0. The van der Waals surface area contributed by atoms with Crippen molar-refractivity contribution < 1.29 is 14.6 Å². The summed E-state index contributed by atoms with van der Waals surface area (Å²) in [5.74, 6) is 0.299. The summed E-state index contributed by atoms with van der Waals surface area (Å²) in [5, 5.41) is 16.5. The van der Waals surface area contributed by atoms with Gasteiger partial charge in [-0.2, -0.15) is 10.1 Å². The lowest BCUT2D eigenvalue weighted by Crippen LogP contribution is -2.41. The quantitative estimate of drug-likeness (QED) is 0.467. The topological polar surface area (TPSA) is 145 Å². The van der Waals surface area contributed by atoms with Crippen LogP contribution < -0.4 is 5.73 Å². The van der Waals surface area contributed by atoms with Gasteiger partial charge >= 0.3 is 0 Å². The molecule has 1 aliphatic heterocycles. The SMILES string of the molecule is CC(O)(c1ccc2c(C(=O)N3CCOCC3)nn(-c3ccnc(N)n3)c2c1)c1ccncn1. The smallest absolute Gasteiger partial charge is 0.275 e. The van der Waals surface area contributed by atoms with Crippen LogP contribution in [0.25, 0.3) is 16.7 Å². The summed E-state index contributed by atoms with van der Waals surface area (Å²) in [4.78, 5) is 31.3. The molecular formula is C22H22N8O3. The molecule has 5 rings (SSSR count). The first kappa shape index (κ1) is 20.9. The van der Waals surface area contributed by atoms with Crippen LogP contribution in [0.2, 0.25) is 0 Å². The fraction of sp³-hybridized carbons (Fsp3) is 0.273. The minimum absolute atomic E-state index is 0.0846. The fourth-order valence-electron chi connectivity index (χ4n) is 3.87. The molecule has 1 fully saturated rings. The first-order chi connectivity index (χ1) is 15.9. The maximum atomic E-state index is 13.3. The van der Waals surface area contributed by atoms with Crippen molar-refractivity contribution in [2.75, 3.05) is 32.0 Å². The molecule has 3 N–H and O–H groups in total. The van der Waals surface area contributed by atoms with Gasteiger partial charge in [0.05, 0.1) is 24.4 Å². The van der Waals surface area contributed by atoms with Gasteiger partial charge in [0.2, 0.25) is 5.95 Å². The Morgan fingerprint density at radius 1 is 1.15 bits per heavy atom. The molecule has 0 bridgehead atoms. The Morgan fingerprint density at radius 2 is 1.97 bits per heavy atom. The van der Waals surface area contributed by atoms with Crippen molar-refractivity contribution in [2.24, 2.45) is 0 Å². The molecule has 4 heterocycles. The van der Waals surface area contributed by atoms with Gasteiger partial charge in [-0.05, 0) is 30.7 Å². The number of morpholine rings is 1. The van der Waals surface area contributed by atoms with Crippen molar-refractivity contribution in [1.29, 1.82) is 0 Å². The number of hydrogen-bond acceptors (Lipinski definition) is 9. The third-order valence-corrected chi connectivity index (χ3v) is 5.70. The minimum Gasteiger partial charge on any atom is -0.379 e. The second kappa shape index (κ2) is 8.19. The van der Waals surface area contributed by atoms with E-state index in [0.29, 0.717) is 54.3 Å². The van der Waals surface area contributed by atoms with Crippen molar-refractivity contribution in [3.63, 3.8) is 0 Å². The predicted molar refractivity (Wildman–Crippen MR) is 118 cm³/mol. The fourth-order valence-corrected chi connectivity index (χ4v) is 3.87. The predicted octanol–water partition coefficient (Wildman–Crippen LogP) is 0.916. The summed E-state index contributed by atoms with van der Waals surface area (Å²) in [7, 11) is 0. The molecule has 1 atom stereocenters. The number of fused-ring (bicyclic) bond motifs is 1. The molecule has 0 radical (unpaired) electrons. The zero-order valence-electron chi connectivity index (χ0n) is 17.9. The summed E-state index contributed by atoms with van der Waals surface area (Å²) >= 11 is 0. The Morgan fingerprint density at radius 3 is 2.70 bits per heavy atom. The van der Waals surface area contributed by atoms with Gasteiger partial charge in [0.1, 0.15) is 11.9 Å². The average Bonchev–Trinajstić information content (AvgIpc) is 3.23. The summed E-state index contributed by atoms with van der Waals surface area (Å²) in [5.41, 5.74) is 6.29. The summed E-state index contributed by atoms with van der Waals surface area (Å²) in [6, 6.07) is 8.63. The molecule has 11 heteroatoms. The lowest BCUT2D eigenvalue weighted by molar-refractivity contribution is 0.0300. The molecule has 0 aliphatic carbocycles. The molecule has 4 aromatic rings. The van der Waals surface area contributed by atoms with Gasteiger partial charge in [0, 0.05) is 36.9 Å². The summed E-state index contributed by atoms with van der Waals surface area (Å²) in [6.07, 6.45) is 4.48. The number of hydrogen-bond donors (Lipinski definition) is 2. The molecule has 1 amide bonds. The number of amides is 1. The summed E-state index contributed by atoms with van der Waals surface area (Å²) in [6.45, 7) is 3.61. The van der Waals surface area contributed by atoms with Crippen LogP contribution in [-0.2, 0) is 10.3 Å². The van der Waals surface area contributed by atoms with E-state index in [-0.39, 0.29) is 17.5 Å². The number of benzene rings is 1. The largest absolute Gasteiger partial charge is 0.379 e. The highest BCUT2D eigenvalue weighted by atomic mass is 16.5. The molecule has 0 spiro atoms. The van der Waals surface area contributed by atoms with Crippen LogP contribution in [0, 0.1) is 0 Å². The van der Waals surface area contributed by atoms with Crippen molar-refractivity contribution in [1.82, 2.24) is 34.6 Å². The molecule has 1 saturated heterocycles. The summed E-state index contributed by atoms with van der Waals surface area (Å²) < 4.78 is 6.91. The van der Waals surface area contributed by atoms with E-state index >= 15 is 0 Å². The highest BCUT2D eigenvalue weighted by Crippen LogP contribution is 2.32. The van der Waals surface area contributed by atoms with Crippen molar-refractivity contribution in [3.8, 4) is 5.82 Å². The monoisotopic (exact) mass is 446 g/mol. The van der Waals surface area contributed by atoms with E-state index in [1.807, 2.05) is 0 Å². The van der Waals surface area contributed by atoms with Gasteiger partial charge in [0.15, 0.2) is 11.5 Å². The van der Waals surface area contributed by atoms with Crippen molar-refractivity contribution in [3.05, 3.63) is 66.0 Å². The number of nitrogen functional groups attached to an aromatic ring is 1. The number of aliphatic hydroxyl groups is 1. The number of aromatic nitrogens is 6. The van der Waals surface area contributed by atoms with Crippen LogP contribution in [0.1, 0.15) is 28.7 Å². The molecule has 0 saturated carbocycles. The number of nitrogens with two attached hydrogens (primary N) is 1. The van der Waals surface area contributed by atoms with E-state index in [1.54, 1.807) is 53.0 Å².